The smallest absolute Gasteiger partial charge is 0.241 e. The van der Waals surface area contributed by atoms with Crippen LogP contribution in [0.25, 0.3) is 0 Å². The maximum Gasteiger partial charge on any atom is 0.241 e. The molecule has 0 unspecified atom stereocenters. The number of methoxy groups -OCH3 is 3. The van der Waals surface area contributed by atoms with Crippen molar-refractivity contribution in [2.75, 3.05) is 33.7 Å². The second-order valence-corrected chi connectivity index (χ2v) is 6.97. The number of benzene rings is 2. The fourth-order valence-corrected chi connectivity index (χ4v) is 3.05. The maximum absolute atomic E-state index is 12.6. The molecule has 0 radical (unpaired) electrons. The normalized spacial score (nSPS) is 11.9. The minimum atomic E-state index is -0.353. The highest BCUT2D eigenvalue weighted by Crippen LogP contribution is 2.31. The Morgan fingerprint density at radius 1 is 1.07 bits per heavy atom. The molecule has 0 fully saturated rings. The number of carbonyl (C=O) groups is 1. The standard InChI is InChI=1S/C21H27ClN2O4/c1-13-9-19(27-5)20(28-6)10-15(13)12-24(3)14(2)21(25)23-16-7-8-18(26-4)17(22)11-16/h7-11,14H,12H2,1-6H3,(H,23,25)/t14-/m0/s1. The van der Waals surface area contributed by atoms with E-state index in [1.807, 2.05) is 37.9 Å². The van der Waals surface area contributed by atoms with Gasteiger partial charge in [-0.15, -0.1) is 0 Å². The molecule has 2 aromatic carbocycles. The number of hydrogen-bond acceptors (Lipinski definition) is 5. The number of carbonyl (C=O) groups excluding carboxylic acids is 1. The quantitative estimate of drug-likeness (QED) is 0.714. The predicted octanol–water partition coefficient (Wildman–Crippen LogP) is 4.13. The number of nitrogens with one attached hydrogen (secondary N) is 1. The third-order valence-electron chi connectivity index (χ3n) is 4.72. The van der Waals surface area contributed by atoms with Crippen LogP contribution in [0.2, 0.25) is 5.02 Å². The zero-order valence-electron chi connectivity index (χ0n) is 17.1. The minimum absolute atomic E-state index is 0.123. The van der Waals surface area contributed by atoms with Crippen molar-refractivity contribution in [3.63, 3.8) is 0 Å². The molecule has 0 aromatic heterocycles. The van der Waals surface area contributed by atoms with E-state index in [4.69, 9.17) is 25.8 Å². The molecule has 0 aliphatic carbocycles. The third kappa shape index (κ3) is 5.09. The van der Waals surface area contributed by atoms with E-state index in [0.29, 0.717) is 34.5 Å². The number of halogens is 1. The first kappa shape index (κ1) is 21.9. The van der Waals surface area contributed by atoms with Crippen molar-refractivity contribution in [2.24, 2.45) is 0 Å². The minimum Gasteiger partial charge on any atom is -0.495 e. The number of aryl methyl sites for hydroxylation is 1. The van der Waals surface area contributed by atoms with Gasteiger partial charge in [0, 0.05) is 12.2 Å². The summed E-state index contributed by atoms with van der Waals surface area (Å²) in [5.41, 5.74) is 2.75. The SMILES string of the molecule is COc1ccc(NC(=O)[C@H](C)N(C)Cc2cc(OC)c(OC)cc2C)cc1Cl. The second-order valence-electron chi connectivity index (χ2n) is 6.56. The highest BCUT2D eigenvalue weighted by molar-refractivity contribution is 6.32. The summed E-state index contributed by atoms with van der Waals surface area (Å²) < 4.78 is 15.8. The summed E-state index contributed by atoms with van der Waals surface area (Å²) in [6.45, 7) is 4.45. The number of likely N-dealkylation sites (N-methyl/N-ethyl adjacent to an activating group) is 1. The average molecular weight is 407 g/mol. The molecule has 0 aliphatic heterocycles. The fraction of sp³-hybridized carbons (Fsp3) is 0.381. The van der Waals surface area contributed by atoms with Crippen LogP contribution in [0.4, 0.5) is 5.69 Å². The first-order valence-electron chi connectivity index (χ1n) is 8.86. The Balaban J connectivity index is 2.08. The van der Waals surface area contributed by atoms with Crippen LogP contribution >= 0.6 is 11.6 Å². The maximum atomic E-state index is 12.6. The summed E-state index contributed by atoms with van der Waals surface area (Å²) in [5.74, 6) is 1.80. The van der Waals surface area contributed by atoms with Gasteiger partial charge in [0.25, 0.3) is 0 Å². The number of ether oxygens (including phenoxy) is 3. The largest absolute Gasteiger partial charge is 0.495 e. The summed E-state index contributed by atoms with van der Waals surface area (Å²) >= 11 is 6.12. The molecule has 0 saturated heterocycles. The average Bonchev–Trinajstić information content (AvgIpc) is 2.68. The molecule has 1 N–H and O–H groups in total. The Kier molecular flexibility index (Phi) is 7.54. The van der Waals surface area contributed by atoms with Gasteiger partial charge in [0.2, 0.25) is 5.91 Å². The van der Waals surface area contributed by atoms with Gasteiger partial charge in [-0.2, -0.15) is 0 Å². The van der Waals surface area contributed by atoms with Crippen LogP contribution < -0.4 is 19.5 Å². The molecule has 0 heterocycles. The summed E-state index contributed by atoms with van der Waals surface area (Å²) in [6.07, 6.45) is 0. The summed E-state index contributed by atoms with van der Waals surface area (Å²) in [5, 5.41) is 3.34. The second kappa shape index (κ2) is 9.66. The molecule has 0 bridgehead atoms. The van der Waals surface area contributed by atoms with E-state index >= 15 is 0 Å². The van der Waals surface area contributed by atoms with Gasteiger partial charge >= 0.3 is 0 Å². The van der Waals surface area contributed by atoms with Gasteiger partial charge in [0.15, 0.2) is 11.5 Å². The van der Waals surface area contributed by atoms with Crippen molar-refractivity contribution in [3.8, 4) is 17.2 Å². The number of hydrogen-bond donors (Lipinski definition) is 1. The van der Waals surface area contributed by atoms with Gasteiger partial charge < -0.3 is 19.5 Å². The van der Waals surface area contributed by atoms with Crippen molar-refractivity contribution in [1.29, 1.82) is 0 Å². The molecular formula is C21H27ClN2O4. The highest BCUT2D eigenvalue weighted by atomic mass is 35.5. The molecule has 1 atom stereocenters. The monoisotopic (exact) mass is 406 g/mol. The van der Waals surface area contributed by atoms with Crippen LogP contribution in [0, 0.1) is 6.92 Å². The van der Waals surface area contributed by atoms with Gasteiger partial charge in [-0.3, -0.25) is 9.69 Å². The van der Waals surface area contributed by atoms with Crippen LogP contribution in [-0.2, 0) is 11.3 Å². The van der Waals surface area contributed by atoms with Gasteiger partial charge in [-0.25, -0.2) is 0 Å². The molecule has 7 heteroatoms. The molecule has 1 amide bonds. The Bertz CT molecular complexity index is 841. The molecule has 2 rings (SSSR count). The van der Waals surface area contributed by atoms with E-state index in [-0.39, 0.29) is 11.9 Å². The molecule has 0 saturated carbocycles. The van der Waals surface area contributed by atoms with Gasteiger partial charge in [-0.1, -0.05) is 11.6 Å². The molecule has 2 aromatic rings. The molecule has 0 spiro atoms. The van der Waals surface area contributed by atoms with Crippen molar-refractivity contribution in [2.45, 2.75) is 26.4 Å². The van der Waals surface area contributed by atoms with E-state index in [9.17, 15) is 4.79 Å². The number of rotatable bonds is 8. The van der Waals surface area contributed by atoms with E-state index in [1.54, 1.807) is 39.5 Å². The number of anilines is 1. The van der Waals surface area contributed by atoms with Crippen molar-refractivity contribution in [1.82, 2.24) is 4.90 Å². The first-order valence-corrected chi connectivity index (χ1v) is 9.24. The zero-order chi connectivity index (χ0) is 20.8. The number of nitrogens with zero attached hydrogens (tertiary/aromatic N) is 1. The summed E-state index contributed by atoms with van der Waals surface area (Å²) in [6, 6.07) is 8.68. The van der Waals surface area contributed by atoms with Crippen LogP contribution in [0.3, 0.4) is 0 Å². The predicted molar refractivity (Wildman–Crippen MR) is 112 cm³/mol. The first-order chi connectivity index (χ1) is 13.3. The van der Waals surface area contributed by atoms with E-state index in [0.717, 1.165) is 11.1 Å². The lowest BCUT2D eigenvalue weighted by molar-refractivity contribution is -0.120. The van der Waals surface area contributed by atoms with Crippen LogP contribution in [0.1, 0.15) is 18.1 Å². The molecule has 28 heavy (non-hydrogen) atoms. The van der Waals surface area contributed by atoms with Gasteiger partial charge in [0.1, 0.15) is 5.75 Å². The van der Waals surface area contributed by atoms with Crippen LogP contribution in [0.5, 0.6) is 17.2 Å². The van der Waals surface area contributed by atoms with Crippen molar-refractivity contribution >= 4 is 23.2 Å². The molecule has 6 nitrogen and oxygen atoms in total. The van der Waals surface area contributed by atoms with Crippen molar-refractivity contribution in [3.05, 3.63) is 46.5 Å². The van der Waals surface area contributed by atoms with E-state index in [2.05, 4.69) is 5.32 Å². The van der Waals surface area contributed by atoms with E-state index < -0.39 is 0 Å². The van der Waals surface area contributed by atoms with Crippen LogP contribution in [-0.4, -0.2) is 45.2 Å². The molecular weight excluding hydrogens is 380 g/mol. The summed E-state index contributed by atoms with van der Waals surface area (Å²) in [4.78, 5) is 14.6. The lowest BCUT2D eigenvalue weighted by atomic mass is 10.1. The molecule has 0 aliphatic rings. The Labute approximate surface area is 171 Å². The fourth-order valence-electron chi connectivity index (χ4n) is 2.79. The van der Waals surface area contributed by atoms with Crippen molar-refractivity contribution < 1.29 is 19.0 Å². The highest BCUT2D eigenvalue weighted by Gasteiger charge is 2.20. The van der Waals surface area contributed by atoms with Crippen LogP contribution in [0.15, 0.2) is 30.3 Å². The van der Waals surface area contributed by atoms with Gasteiger partial charge in [-0.05, 0) is 62.4 Å². The van der Waals surface area contributed by atoms with Gasteiger partial charge in [0.05, 0.1) is 32.4 Å². The van der Waals surface area contributed by atoms with E-state index in [1.165, 1.54) is 0 Å². The Morgan fingerprint density at radius 2 is 1.68 bits per heavy atom. The zero-order valence-corrected chi connectivity index (χ0v) is 17.9. The number of amides is 1. The Hall–Kier alpha value is -2.44. The topological polar surface area (TPSA) is 60.0 Å². The third-order valence-corrected chi connectivity index (χ3v) is 5.02. The lowest BCUT2D eigenvalue weighted by Gasteiger charge is -2.25. The lowest BCUT2D eigenvalue weighted by Crippen LogP contribution is -2.39. The molecule has 152 valence electrons. The summed E-state index contributed by atoms with van der Waals surface area (Å²) in [7, 11) is 6.67. The Morgan fingerprint density at radius 3 is 2.25 bits per heavy atom.